The lowest BCUT2D eigenvalue weighted by molar-refractivity contribution is -0.122. The Balaban J connectivity index is 1.84. The van der Waals surface area contributed by atoms with Gasteiger partial charge in [-0.3, -0.25) is 4.79 Å². The van der Waals surface area contributed by atoms with Crippen LogP contribution in [0.5, 0.6) is 0 Å². The number of carbonyl (C=O) groups is 1. The van der Waals surface area contributed by atoms with Crippen LogP contribution in [0.2, 0.25) is 0 Å². The summed E-state index contributed by atoms with van der Waals surface area (Å²) in [7, 11) is 0. The first-order chi connectivity index (χ1) is 8.56. The van der Waals surface area contributed by atoms with Crippen molar-refractivity contribution in [2.75, 3.05) is 12.3 Å². The maximum absolute atomic E-state index is 12.0. The van der Waals surface area contributed by atoms with Gasteiger partial charge in [-0.1, -0.05) is 12.1 Å². The van der Waals surface area contributed by atoms with Gasteiger partial charge in [0.05, 0.1) is 12.0 Å². The fraction of sp³-hybridized carbons (Fsp3) is 0.500. The first-order valence-corrected chi connectivity index (χ1v) is 6.37. The zero-order chi connectivity index (χ0) is 13.1. The normalized spacial score (nSPS) is 24.1. The summed E-state index contributed by atoms with van der Waals surface area (Å²) in [5, 5.41) is 12.1. The second kappa shape index (κ2) is 5.40. The number of aliphatic hydroxyl groups is 1. The number of hydrogen-bond donors (Lipinski definition) is 3. The van der Waals surface area contributed by atoms with Crippen molar-refractivity contribution in [1.82, 2.24) is 5.32 Å². The summed E-state index contributed by atoms with van der Waals surface area (Å²) < 4.78 is 0. The fourth-order valence-corrected chi connectivity index (χ4v) is 2.24. The van der Waals surface area contributed by atoms with E-state index in [-0.39, 0.29) is 17.9 Å². The van der Waals surface area contributed by atoms with E-state index < -0.39 is 0 Å². The molecule has 1 saturated carbocycles. The van der Waals surface area contributed by atoms with Crippen molar-refractivity contribution in [2.45, 2.75) is 31.8 Å². The molecule has 0 spiro atoms. The Morgan fingerprint density at radius 3 is 2.89 bits per heavy atom. The van der Waals surface area contributed by atoms with Gasteiger partial charge >= 0.3 is 0 Å². The molecule has 1 fully saturated rings. The van der Waals surface area contributed by atoms with Crippen LogP contribution in [0.15, 0.2) is 24.3 Å². The SMILES string of the molecule is CC(C(=O)NCC1CC(O)C1)c1cccc(N)c1. The number of anilines is 1. The fourth-order valence-electron chi connectivity index (χ4n) is 2.24. The Morgan fingerprint density at radius 1 is 1.56 bits per heavy atom. The standard InChI is InChI=1S/C14H20N2O2/c1-9(11-3-2-4-12(15)7-11)14(18)16-8-10-5-13(17)6-10/h2-4,7,9-10,13,17H,5-6,8,15H2,1H3,(H,16,18). The predicted octanol–water partition coefficient (Wildman–Crippen LogP) is 1.26. The van der Waals surface area contributed by atoms with Crippen LogP contribution >= 0.6 is 0 Å². The third kappa shape index (κ3) is 3.01. The van der Waals surface area contributed by atoms with Gasteiger partial charge in [0.15, 0.2) is 0 Å². The van der Waals surface area contributed by atoms with E-state index in [0.29, 0.717) is 18.2 Å². The molecule has 0 saturated heterocycles. The molecule has 0 radical (unpaired) electrons. The van der Waals surface area contributed by atoms with Crippen LogP contribution in [0.25, 0.3) is 0 Å². The minimum Gasteiger partial charge on any atom is -0.399 e. The van der Waals surface area contributed by atoms with Crippen LogP contribution in [0.3, 0.4) is 0 Å². The van der Waals surface area contributed by atoms with Crippen molar-refractivity contribution in [3.63, 3.8) is 0 Å². The molecule has 1 atom stereocenters. The predicted molar refractivity (Wildman–Crippen MR) is 71.0 cm³/mol. The number of aliphatic hydroxyl groups excluding tert-OH is 1. The van der Waals surface area contributed by atoms with Crippen LogP contribution in [0.1, 0.15) is 31.2 Å². The van der Waals surface area contributed by atoms with Gasteiger partial charge in [0, 0.05) is 12.2 Å². The average Bonchev–Trinajstić information content (AvgIpc) is 2.32. The first-order valence-electron chi connectivity index (χ1n) is 6.37. The van der Waals surface area contributed by atoms with Gasteiger partial charge in [-0.25, -0.2) is 0 Å². The van der Waals surface area contributed by atoms with Crippen LogP contribution in [0, 0.1) is 5.92 Å². The molecule has 1 aromatic carbocycles. The lowest BCUT2D eigenvalue weighted by atomic mass is 9.82. The van der Waals surface area contributed by atoms with Gasteiger partial charge in [-0.2, -0.15) is 0 Å². The third-order valence-electron chi connectivity index (χ3n) is 3.58. The van der Waals surface area contributed by atoms with Crippen LogP contribution < -0.4 is 11.1 Å². The number of amides is 1. The van der Waals surface area contributed by atoms with Crippen LogP contribution in [-0.2, 0) is 4.79 Å². The highest BCUT2D eigenvalue weighted by Gasteiger charge is 2.27. The van der Waals surface area contributed by atoms with E-state index >= 15 is 0 Å². The molecule has 0 aromatic heterocycles. The van der Waals surface area contributed by atoms with Crippen molar-refractivity contribution in [2.24, 2.45) is 5.92 Å². The van der Waals surface area contributed by atoms with Gasteiger partial charge in [-0.05, 0) is 43.4 Å². The molecule has 1 aromatic rings. The Kier molecular flexibility index (Phi) is 3.87. The third-order valence-corrected chi connectivity index (χ3v) is 3.58. The smallest absolute Gasteiger partial charge is 0.227 e. The van der Waals surface area contributed by atoms with Crippen molar-refractivity contribution in [3.8, 4) is 0 Å². The quantitative estimate of drug-likeness (QED) is 0.702. The summed E-state index contributed by atoms with van der Waals surface area (Å²) in [6, 6.07) is 7.41. The second-order valence-electron chi connectivity index (χ2n) is 5.13. The van der Waals surface area contributed by atoms with E-state index in [0.717, 1.165) is 18.4 Å². The summed E-state index contributed by atoms with van der Waals surface area (Å²) >= 11 is 0. The summed E-state index contributed by atoms with van der Waals surface area (Å²) in [5.41, 5.74) is 7.31. The van der Waals surface area contributed by atoms with Crippen molar-refractivity contribution >= 4 is 11.6 Å². The Bertz CT molecular complexity index is 428. The largest absolute Gasteiger partial charge is 0.399 e. The Morgan fingerprint density at radius 2 is 2.28 bits per heavy atom. The molecule has 0 bridgehead atoms. The molecule has 0 aliphatic heterocycles. The number of nitrogen functional groups attached to an aromatic ring is 1. The lowest BCUT2D eigenvalue weighted by Gasteiger charge is -2.31. The van der Waals surface area contributed by atoms with Gasteiger partial charge in [0.1, 0.15) is 0 Å². The zero-order valence-electron chi connectivity index (χ0n) is 10.6. The molecular weight excluding hydrogens is 228 g/mol. The van der Waals surface area contributed by atoms with Gasteiger partial charge < -0.3 is 16.2 Å². The second-order valence-corrected chi connectivity index (χ2v) is 5.13. The van der Waals surface area contributed by atoms with Crippen LogP contribution in [0.4, 0.5) is 5.69 Å². The molecule has 18 heavy (non-hydrogen) atoms. The number of carbonyl (C=O) groups excluding carboxylic acids is 1. The van der Waals surface area contributed by atoms with E-state index in [2.05, 4.69) is 5.32 Å². The molecule has 4 N–H and O–H groups in total. The average molecular weight is 248 g/mol. The van der Waals surface area contributed by atoms with E-state index in [1.807, 2.05) is 31.2 Å². The lowest BCUT2D eigenvalue weighted by Crippen LogP contribution is -2.39. The summed E-state index contributed by atoms with van der Waals surface area (Å²) in [5.74, 6) is 0.248. The Labute approximate surface area is 107 Å². The van der Waals surface area contributed by atoms with Crippen molar-refractivity contribution in [1.29, 1.82) is 0 Å². The zero-order valence-corrected chi connectivity index (χ0v) is 10.6. The summed E-state index contributed by atoms with van der Waals surface area (Å²) in [6.45, 7) is 2.53. The molecule has 1 amide bonds. The molecule has 1 unspecified atom stereocenters. The minimum atomic E-state index is -0.196. The molecule has 4 heteroatoms. The number of hydrogen-bond acceptors (Lipinski definition) is 3. The monoisotopic (exact) mass is 248 g/mol. The highest BCUT2D eigenvalue weighted by molar-refractivity contribution is 5.83. The Hall–Kier alpha value is -1.55. The highest BCUT2D eigenvalue weighted by Crippen LogP contribution is 2.26. The van der Waals surface area contributed by atoms with E-state index in [4.69, 9.17) is 5.73 Å². The number of benzene rings is 1. The van der Waals surface area contributed by atoms with Gasteiger partial charge in [0.25, 0.3) is 0 Å². The van der Waals surface area contributed by atoms with E-state index in [1.54, 1.807) is 0 Å². The minimum absolute atomic E-state index is 0.0157. The molecule has 2 rings (SSSR count). The van der Waals surface area contributed by atoms with E-state index in [9.17, 15) is 9.90 Å². The highest BCUT2D eigenvalue weighted by atomic mass is 16.3. The van der Waals surface area contributed by atoms with E-state index in [1.165, 1.54) is 0 Å². The topological polar surface area (TPSA) is 75.3 Å². The molecule has 1 aliphatic carbocycles. The molecule has 98 valence electrons. The van der Waals surface area contributed by atoms with Crippen molar-refractivity contribution in [3.05, 3.63) is 29.8 Å². The summed E-state index contributed by atoms with van der Waals surface area (Å²) in [6.07, 6.45) is 1.43. The molecule has 4 nitrogen and oxygen atoms in total. The number of nitrogens with one attached hydrogen (secondary N) is 1. The number of rotatable bonds is 4. The van der Waals surface area contributed by atoms with Crippen molar-refractivity contribution < 1.29 is 9.90 Å². The molecular formula is C14H20N2O2. The molecule has 0 heterocycles. The maximum Gasteiger partial charge on any atom is 0.227 e. The van der Waals surface area contributed by atoms with Crippen LogP contribution in [-0.4, -0.2) is 23.7 Å². The summed E-state index contributed by atoms with van der Waals surface area (Å²) in [4.78, 5) is 12.0. The van der Waals surface area contributed by atoms with Gasteiger partial charge in [-0.15, -0.1) is 0 Å². The number of nitrogens with two attached hydrogens (primary N) is 1. The van der Waals surface area contributed by atoms with Gasteiger partial charge in [0.2, 0.25) is 5.91 Å². The first kappa shape index (κ1) is 12.9. The maximum atomic E-state index is 12.0. The molecule has 1 aliphatic rings.